The molecule has 9 heteroatoms. The molecular weight excluding hydrogens is 461 g/mol. The van der Waals surface area contributed by atoms with Gasteiger partial charge in [-0.05, 0) is 31.5 Å². The summed E-state index contributed by atoms with van der Waals surface area (Å²) in [6.07, 6.45) is 5.10. The molecule has 0 unspecified atom stereocenters. The molecule has 0 atom stereocenters. The molecule has 0 saturated carbocycles. The molecule has 0 aliphatic heterocycles. The van der Waals surface area contributed by atoms with Crippen LogP contribution >= 0.6 is 35.3 Å². The van der Waals surface area contributed by atoms with E-state index in [-0.39, 0.29) is 24.0 Å². The molecule has 0 aliphatic carbocycles. The van der Waals surface area contributed by atoms with Crippen molar-refractivity contribution in [2.24, 2.45) is 4.99 Å². The van der Waals surface area contributed by atoms with Crippen LogP contribution in [0, 0.1) is 6.92 Å². The summed E-state index contributed by atoms with van der Waals surface area (Å²) in [6, 6.07) is 8.12. The van der Waals surface area contributed by atoms with Gasteiger partial charge in [-0.25, -0.2) is 19.6 Å². The zero-order valence-electron chi connectivity index (χ0n) is 14.7. The minimum absolute atomic E-state index is 0. The molecule has 0 saturated heterocycles. The lowest BCUT2D eigenvalue weighted by Gasteiger charge is -2.10. The Balaban J connectivity index is 0.00000243. The van der Waals surface area contributed by atoms with Crippen molar-refractivity contribution in [2.45, 2.75) is 26.9 Å². The zero-order valence-corrected chi connectivity index (χ0v) is 17.9. The molecule has 1 aromatic carbocycles. The summed E-state index contributed by atoms with van der Waals surface area (Å²) in [7, 11) is 0. The van der Waals surface area contributed by atoms with Gasteiger partial charge >= 0.3 is 0 Å². The minimum Gasteiger partial charge on any atom is -0.357 e. The fraction of sp³-hybridized carbons (Fsp3) is 0.294. The molecule has 138 valence electrons. The van der Waals surface area contributed by atoms with E-state index in [2.05, 4.69) is 44.5 Å². The van der Waals surface area contributed by atoms with Crippen molar-refractivity contribution in [2.75, 3.05) is 6.54 Å². The molecule has 2 N–H and O–H groups in total. The third-order valence-electron chi connectivity index (χ3n) is 3.46. The summed E-state index contributed by atoms with van der Waals surface area (Å²) in [5, 5.41) is 11.8. The summed E-state index contributed by atoms with van der Waals surface area (Å²) in [4.78, 5) is 14.2. The van der Waals surface area contributed by atoms with Crippen LogP contribution in [0.4, 0.5) is 0 Å². The summed E-state index contributed by atoms with van der Waals surface area (Å²) >= 11 is 1.69. The molecule has 2 heterocycles. The third kappa shape index (κ3) is 5.77. The van der Waals surface area contributed by atoms with E-state index in [0.717, 1.165) is 28.8 Å². The molecule has 2 aromatic heterocycles. The number of aliphatic imine (C=N–C) groups is 1. The van der Waals surface area contributed by atoms with E-state index >= 15 is 0 Å². The first kappa shape index (κ1) is 20.3. The second-order valence-electron chi connectivity index (χ2n) is 5.42. The Hall–Kier alpha value is -2.01. The molecule has 0 spiro atoms. The van der Waals surface area contributed by atoms with Crippen molar-refractivity contribution in [3.05, 3.63) is 58.6 Å². The van der Waals surface area contributed by atoms with Crippen molar-refractivity contribution >= 4 is 41.3 Å². The van der Waals surface area contributed by atoms with Crippen molar-refractivity contribution in [3.63, 3.8) is 0 Å². The lowest BCUT2D eigenvalue weighted by Crippen LogP contribution is -2.36. The van der Waals surface area contributed by atoms with E-state index < -0.39 is 0 Å². The van der Waals surface area contributed by atoms with Crippen LogP contribution in [0.25, 0.3) is 5.69 Å². The SMILES string of the molecule is CCNC(=NCc1ccc(-n2cncn2)cc1)NCc1ncc(C)s1.I. The average Bonchev–Trinajstić information content (AvgIpc) is 3.30. The lowest BCUT2D eigenvalue weighted by atomic mass is 10.2. The highest BCUT2D eigenvalue weighted by atomic mass is 127. The highest BCUT2D eigenvalue weighted by Gasteiger charge is 2.02. The Morgan fingerprint density at radius 3 is 2.65 bits per heavy atom. The predicted octanol–water partition coefficient (Wildman–Crippen LogP) is 2.91. The molecule has 0 aliphatic rings. The van der Waals surface area contributed by atoms with Gasteiger partial charge in [0.2, 0.25) is 0 Å². The van der Waals surface area contributed by atoms with Crippen LogP contribution in [-0.2, 0) is 13.1 Å². The number of hydrogen-bond donors (Lipinski definition) is 2. The van der Waals surface area contributed by atoms with E-state index in [0.29, 0.717) is 13.1 Å². The van der Waals surface area contributed by atoms with Gasteiger partial charge in [-0.2, -0.15) is 5.10 Å². The van der Waals surface area contributed by atoms with Crippen LogP contribution < -0.4 is 10.6 Å². The van der Waals surface area contributed by atoms with Crippen LogP contribution in [0.5, 0.6) is 0 Å². The zero-order chi connectivity index (χ0) is 17.5. The van der Waals surface area contributed by atoms with Gasteiger partial charge in [-0.1, -0.05) is 12.1 Å². The number of guanidine groups is 1. The molecule has 0 amide bonds. The highest BCUT2D eigenvalue weighted by molar-refractivity contribution is 14.0. The highest BCUT2D eigenvalue weighted by Crippen LogP contribution is 2.11. The Kier molecular flexibility index (Phi) is 7.98. The van der Waals surface area contributed by atoms with E-state index in [9.17, 15) is 0 Å². The van der Waals surface area contributed by atoms with Crippen LogP contribution in [0.3, 0.4) is 0 Å². The maximum Gasteiger partial charge on any atom is 0.191 e. The van der Waals surface area contributed by atoms with Gasteiger partial charge in [0, 0.05) is 17.6 Å². The maximum absolute atomic E-state index is 4.63. The van der Waals surface area contributed by atoms with E-state index in [1.807, 2.05) is 30.5 Å². The van der Waals surface area contributed by atoms with Crippen LogP contribution in [0.2, 0.25) is 0 Å². The normalized spacial score (nSPS) is 11.1. The number of rotatable bonds is 6. The fourth-order valence-corrected chi connectivity index (χ4v) is 2.98. The number of halogens is 1. The van der Waals surface area contributed by atoms with Gasteiger partial charge < -0.3 is 10.6 Å². The molecular formula is C17H22IN7S. The molecule has 0 fully saturated rings. The molecule has 26 heavy (non-hydrogen) atoms. The van der Waals surface area contributed by atoms with Gasteiger partial charge in [-0.3, -0.25) is 0 Å². The van der Waals surface area contributed by atoms with Gasteiger partial charge in [0.25, 0.3) is 0 Å². The number of aryl methyl sites for hydroxylation is 1. The van der Waals surface area contributed by atoms with Gasteiger partial charge in [0.05, 0.1) is 18.8 Å². The summed E-state index contributed by atoms with van der Waals surface area (Å²) in [5.41, 5.74) is 2.11. The summed E-state index contributed by atoms with van der Waals surface area (Å²) in [5.74, 6) is 0.788. The Morgan fingerprint density at radius 1 is 1.23 bits per heavy atom. The molecule has 3 rings (SSSR count). The predicted molar refractivity (Wildman–Crippen MR) is 115 cm³/mol. The van der Waals surface area contributed by atoms with Crippen molar-refractivity contribution in [3.8, 4) is 5.69 Å². The lowest BCUT2D eigenvalue weighted by molar-refractivity contribution is 0.811. The number of nitrogens with zero attached hydrogens (tertiary/aromatic N) is 5. The number of aromatic nitrogens is 4. The first-order chi connectivity index (χ1) is 12.2. The Bertz CT molecular complexity index is 812. The first-order valence-electron chi connectivity index (χ1n) is 8.12. The number of hydrogen-bond acceptors (Lipinski definition) is 5. The quantitative estimate of drug-likeness (QED) is 0.320. The maximum atomic E-state index is 4.63. The standard InChI is InChI=1S/C17H21N7S.HI/c1-3-19-17(22-10-16-20-8-13(2)25-16)21-9-14-4-6-15(7-5-14)24-12-18-11-23-24;/h4-8,11-12H,3,9-10H2,1-2H3,(H2,19,21,22);1H. The minimum atomic E-state index is 0. The van der Waals surface area contributed by atoms with Crippen molar-refractivity contribution in [1.29, 1.82) is 0 Å². The number of benzene rings is 1. The van der Waals surface area contributed by atoms with Crippen molar-refractivity contribution < 1.29 is 0 Å². The first-order valence-corrected chi connectivity index (χ1v) is 8.93. The van der Waals surface area contributed by atoms with Crippen LogP contribution in [0.1, 0.15) is 22.4 Å². The van der Waals surface area contributed by atoms with Crippen molar-refractivity contribution in [1.82, 2.24) is 30.4 Å². The summed E-state index contributed by atoms with van der Waals surface area (Å²) in [6.45, 7) is 6.20. The monoisotopic (exact) mass is 483 g/mol. The largest absolute Gasteiger partial charge is 0.357 e. The van der Waals surface area contributed by atoms with Crippen LogP contribution in [-0.4, -0.2) is 32.3 Å². The van der Waals surface area contributed by atoms with Gasteiger partial charge in [0.1, 0.15) is 17.7 Å². The smallest absolute Gasteiger partial charge is 0.191 e. The molecule has 3 aromatic rings. The molecule has 0 bridgehead atoms. The molecule has 0 radical (unpaired) electrons. The Morgan fingerprint density at radius 2 is 2.04 bits per heavy atom. The van der Waals surface area contributed by atoms with E-state index in [1.165, 1.54) is 11.2 Å². The molecule has 7 nitrogen and oxygen atoms in total. The van der Waals surface area contributed by atoms with E-state index in [4.69, 9.17) is 0 Å². The summed E-state index contributed by atoms with van der Waals surface area (Å²) < 4.78 is 1.73. The van der Waals surface area contributed by atoms with Crippen LogP contribution in [0.15, 0.2) is 48.1 Å². The second-order valence-corrected chi connectivity index (χ2v) is 6.74. The van der Waals surface area contributed by atoms with E-state index in [1.54, 1.807) is 22.3 Å². The number of nitrogens with one attached hydrogen (secondary N) is 2. The fourth-order valence-electron chi connectivity index (χ4n) is 2.25. The second kappa shape index (κ2) is 10.2. The van der Waals surface area contributed by atoms with Gasteiger partial charge in [0.15, 0.2) is 5.96 Å². The third-order valence-corrected chi connectivity index (χ3v) is 4.37. The topological polar surface area (TPSA) is 80.0 Å². The average molecular weight is 483 g/mol. The number of thiazole rings is 1. The van der Waals surface area contributed by atoms with Gasteiger partial charge in [-0.15, -0.1) is 35.3 Å². The Labute approximate surface area is 174 Å².